The van der Waals surface area contributed by atoms with Crippen molar-refractivity contribution in [3.63, 3.8) is 0 Å². The fourth-order valence-corrected chi connectivity index (χ4v) is 3.78. The van der Waals surface area contributed by atoms with Gasteiger partial charge in [-0.1, -0.05) is 20.8 Å². The molecule has 2 atom stereocenters. The first-order valence-corrected chi connectivity index (χ1v) is 8.33. The molecule has 0 aromatic rings. The van der Waals surface area contributed by atoms with E-state index >= 15 is 0 Å². The number of hydrogen-bond acceptors (Lipinski definition) is 3. The van der Waals surface area contributed by atoms with Gasteiger partial charge in [0.1, 0.15) is 0 Å². The van der Waals surface area contributed by atoms with Gasteiger partial charge in [-0.3, -0.25) is 4.90 Å². The third kappa shape index (κ3) is 3.93. The van der Waals surface area contributed by atoms with Crippen LogP contribution < -0.4 is 5.32 Å². The molecule has 112 valence electrons. The van der Waals surface area contributed by atoms with Crippen LogP contribution in [0.3, 0.4) is 0 Å². The molecule has 0 amide bonds. The van der Waals surface area contributed by atoms with E-state index in [0.717, 1.165) is 18.0 Å². The highest BCUT2D eigenvalue weighted by Crippen LogP contribution is 2.24. The minimum absolute atomic E-state index is 0.656. The van der Waals surface area contributed by atoms with Gasteiger partial charge in [-0.2, -0.15) is 0 Å². The van der Waals surface area contributed by atoms with Gasteiger partial charge >= 0.3 is 0 Å². The van der Waals surface area contributed by atoms with Crippen LogP contribution in [0.4, 0.5) is 0 Å². The summed E-state index contributed by atoms with van der Waals surface area (Å²) in [7, 11) is 0. The van der Waals surface area contributed by atoms with E-state index < -0.39 is 0 Å². The Hall–Kier alpha value is -0.120. The average Bonchev–Trinajstić information content (AvgIpc) is 2.39. The second-order valence-electron chi connectivity index (χ2n) is 6.89. The zero-order chi connectivity index (χ0) is 13.8. The van der Waals surface area contributed by atoms with Crippen molar-refractivity contribution in [1.29, 1.82) is 0 Å². The van der Waals surface area contributed by atoms with E-state index in [-0.39, 0.29) is 0 Å². The molecular weight excluding hydrogens is 234 g/mol. The highest BCUT2D eigenvalue weighted by Gasteiger charge is 2.34. The van der Waals surface area contributed by atoms with Crippen LogP contribution in [-0.4, -0.2) is 60.6 Å². The van der Waals surface area contributed by atoms with Gasteiger partial charge < -0.3 is 10.2 Å². The Bertz CT molecular complexity index is 259. The lowest BCUT2D eigenvalue weighted by Crippen LogP contribution is -2.61. The molecule has 0 bridgehead atoms. The number of rotatable bonds is 4. The molecule has 0 aromatic heterocycles. The molecule has 3 heteroatoms. The van der Waals surface area contributed by atoms with E-state index in [2.05, 4.69) is 42.8 Å². The predicted octanol–water partition coefficient (Wildman–Crippen LogP) is 2.18. The quantitative estimate of drug-likeness (QED) is 0.842. The van der Waals surface area contributed by atoms with Crippen molar-refractivity contribution >= 4 is 0 Å². The molecule has 0 aromatic carbocycles. The molecule has 2 unspecified atom stereocenters. The van der Waals surface area contributed by atoms with Crippen LogP contribution in [0.1, 0.15) is 47.0 Å². The maximum absolute atomic E-state index is 3.66. The average molecular weight is 267 g/mol. The molecule has 0 spiro atoms. The van der Waals surface area contributed by atoms with Crippen LogP contribution in [-0.2, 0) is 0 Å². The van der Waals surface area contributed by atoms with Crippen LogP contribution in [0.25, 0.3) is 0 Å². The van der Waals surface area contributed by atoms with Crippen molar-refractivity contribution in [3.05, 3.63) is 0 Å². The molecule has 19 heavy (non-hydrogen) atoms. The van der Waals surface area contributed by atoms with E-state index in [4.69, 9.17) is 0 Å². The number of piperidine rings is 1. The maximum atomic E-state index is 3.66. The molecule has 1 N–H and O–H groups in total. The first-order valence-electron chi connectivity index (χ1n) is 8.33. The summed E-state index contributed by atoms with van der Waals surface area (Å²) < 4.78 is 0. The van der Waals surface area contributed by atoms with E-state index in [1.165, 1.54) is 52.0 Å². The van der Waals surface area contributed by atoms with Crippen molar-refractivity contribution in [3.8, 4) is 0 Å². The predicted molar refractivity (Wildman–Crippen MR) is 82.5 cm³/mol. The lowest BCUT2D eigenvalue weighted by molar-refractivity contribution is 0.0265. The summed E-state index contributed by atoms with van der Waals surface area (Å²) in [6, 6.07) is 2.22. The molecule has 2 heterocycles. The minimum Gasteiger partial charge on any atom is -0.311 e. The summed E-state index contributed by atoms with van der Waals surface area (Å²) in [4.78, 5) is 5.47. The third-order valence-electron chi connectivity index (χ3n) is 4.92. The molecule has 0 aliphatic carbocycles. The van der Waals surface area contributed by atoms with Crippen molar-refractivity contribution in [2.24, 2.45) is 5.92 Å². The van der Waals surface area contributed by atoms with E-state index in [0.29, 0.717) is 6.04 Å². The molecule has 2 fully saturated rings. The van der Waals surface area contributed by atoms with Gasteiger partial charge in [-0.15, -0.1) is 0 Å². The Morgan fingerprint density at radius 2 is 1.89 bits per heavy atom. The molecule has 2 saturated heterocycles. The van der Waals surface area contributed by atoms with Crippen molar-refractivity contribution in [2.45, 2.75) is 65.1 Å². The Morgan fingerprint density at radius 3 is 2.47 bits per heavy atom. The van der Waals surface area contributed by atoms with Crippen LogP contribution in [0, 0.1) is 5.92 Å². The van der Waals surface area contributed by atoms with Gasteiger partial charge in [0.15, 0.2) is 0 Å². The smallest absolute Gasteiger partial charge is 0.0247 e. The van der Waals surface area contributed by atoms with Gasteiger partial charge in [0.2, 0.25) is 0 Å². The number of nitrogens with one attached hydrogen (secondary N) is 1. The molecule has 2 rings (SSSR count). The van der Waals surface area contributed by atoms with Gasteiger partial charge in [-0.25, -0.2) is 0 Å². The summed E-state index contributed by atoms with van der Waals surface area (Å²) in [6.07, 6.45) is 4.04. The normalized spacial score (nSPS) is 32.1. The summed E-state index contributed by atoms with van der Waals surface area (Å²) in [5, 5.41) is 3.66. The fourth-order valence-electron chi connectivity index (χ4n) is 3.78. The molecule has 2 aliphatic rings. The molecule has 0 radical (unpaired) electrons. The summed E-state index contributed by atoms with van der Waals surface area (Å²) in [5.74, 6) is 0.758. The first kappa shape index (κ1) is 15.3. The monoisotopic (exact) mass is 267 g/mol. The Kier molecular flexibility index (Phi) is 5.67. The maximum Gasteiger partial charge on any atom is 0.0247 e. The number of hydrogen-bond donors (Lipinski definition) is 1. The van der Waals surface area contributed by atoms with Crippen molar-refractivity contribution < 1.29 is 0 Å². The molecule has 0 saturated carbocycles. The van der Waals surface area contributed by atoms with Crippen LogP contribution >= 0.6 is 0 Å². The van der Waals surface area contributed by atoms with Gasteiger partial charge in [0.25, 0.3) is 0 Å². The number of likely N-dealkylation sites (tertiary alicyclic amines) is 1. The van der Waals surface area contributed by atoms with Crippen molar-refractivity contribution in [1.82, 2.24) is 15.1 Å². The topological polar surface area (TPSA) is 18.5 Å². The minimum atomic E-state index is 0.656. The molecule has 2 aliphatic heterocycles. The Labute approximate surface area is 119 Å². The highest BCUT2D eigenvalue weighted by molar-refractivity contribution is 4.91. The third-order valence-corrected chi connectivity index (χ3v) is 4.92. The van der Waals surface area contributed by atoms with Gasteiger partial charge in [0.05, 0.1) is 0 Å². The largest absolute Gasteiger partial charge is 0.311 e. The Morgan fingerprint density at radius 1 is 1.21 bits per heavy atom. The lowest BCUT2D eigenvalue weighted by atomic mass is 9.93. The Balaban J connectivity index is 1.91. The lowest BCUT2D eigenvalue weighted by Gasteiger charge is -2.48. The van der Waals surface area contributed by atoms with Crippen LogP contribution in [0.2, 0.25) is 0 Å². The zero-order valence-electron chi connectivity index (χ0n) is 13.4. The van der Waals surface area contributed by atoms with E-state index in [1.54, 1.807) is 0 Å². The summed E-state index contributed by atoms with van der Waals surface area (Å²) in [6.45, 7) is 15.7. The fraction of sp³-hybridized carbons (Fsp3) is 1.00. The second kappa shape index (κ2) is 7.05. The van der Waals surface area contributed by atoms with Gasteiger partial charge in [-0.05, 0) is 51.7 Å². The second-order valence-corrected chi connectivity index (χ2v) is 6.89. The van der Waals surface area contributed by atoms with Gasteiger partial charge in [0, 0.05) is 31.2 Å². The first-order chi connectivity index (χ1) is 9.11. The number of nitrogens with zero attached hydrogens (tertiary/aromatic N) is 2. The van der Waals surface area contributed by atoms with Crippen molar-refractivity contribution in [2.75, 3.05) is 32.7 Å². The highest BCUT2D eigenvalue weighted by atomic mass is 15.3. The summed E-state index contributed by atoms with van der Waals surface area (Å²) in [5.41, 5.74) is 0. The van der Waals surface area contributed by atoms with E-state index in [1.807, 2.05) is 0 Å². The standard InChI is InChI=1S/C16H33N3/c1-5-8-18-9-6-15(7-10-18)19-12-14(4)17-11-16(19)13(2)3/h13-17H,5-12H2,1-4H3. The van der Waals surface area contributed by atoms with Crippen LogP contribution in [0.5, 0.6) is 0 Å². The molecular formula is C16H33N3. The number of piperazine rings is 1. The zero-order valence-corrected chi connectivity index (χ0v) is 13.4. The SMILES string of the molecule is CCCN1CCC(N2CC(C)NCC2C(C)C)CC1. The van der Waals surface area contributed by atoms with Crippen LogP contribution in [0.15, 0.2) is 0 Å². The summed E-state index contributed by atoms with van der Waals surface area (Å²) >= 11 is 0. The molecule has 3 nitrogen and oxygen atoms in total. The van der Waals surface area contributed by atoms with E-state index in [9.17, 15) is 0 Å².